The third-order valence-electron chi connectivity index (χ3n) is 3.09. The lowest BCUT2D eigenvalue weighted by atomic mass is 9.84. The van der Waals surface area contributed by atoms with Crippen LogP contribution in [0.3, 0.4) is 0 Å². The van der Waals surface area contributed by atoms with Gasteiger partial charge in [0.05, 0.1) is 0 Å². The Morgan fingerprint density at radius 3 is 2.07 bits per heavy atom. The third-order valence-corrected chi connectivity index (χ3v) is 3.09. The first-order chi connectivity index (χ1) is 6.25. The van der Waals surface area contributed by atoms with Crippen LogP contribution in [0.4, 0.5) is 13.2 Å². The molecular weight excluding hydrogens is 197 g/mol. The van der Waals surface area contributed by atoms with Gasteiger partial charge in [-0.3, -0.25) is 0 Å². The topological polar surface area (TPSA) is 37.3 Å². The fourth-order valence-electron chi connectivity index (χ4n) is 1.74. The van der Waals surface area contributed by atoms with Crippen molar-refractivity contribution in [1.29, 1.82) is 0 Å². The van der Waals surface area contributed by atoms with Crippen LogP contribution < -0.4 is 0 Å². The Kier molecular flexibility index (Phi) is 2.54. The minimum Gasteiger partial charge on any atom is -0.477 e. The number of halogens is 3. The number of alkyl halides is 3. The number of hydrogen-bond acceptors (Lipinski definition) is 1. The average molecular weight is 210 g/mol. The van der Waals surface area contributed by atoms with Crippen molar-refractivity contribution >= 4 is 5.97 Å². The molecule has 1 fully saturated rings. The predicted molar refractivity (Wildman–Crippen MR) is 44.0 cm³/mol. The number of rotatable bonds is 4. The second kappa shape index (κ2) is 3.14. The van der Waals surface area contributed by atoms with Gasteiger partial charge in [-0.15, -0.1) is 0 Å². The monoisotopic (exact) mass is 210 g/mol. The molecule has 0 bridgehead atoms. The van der Waals surface area contributed by atoms with Crippen molar-refractivity contribution in [1.82, 2.24) is 0 Å². The summed E-state index contributed by atoms with van der Waals surface area (Å²) in [5, 5.41) is 8.19. The molecule has 82 valence electrons. The Labute approximate surface area is 80.1 Å². The third kappa shape index (κ3) is 1.48. The van der Waals surface area contributed by atoms with Crippen LogP contribution in [0.5, 0.6) is 0 Å². The minimum atomic E-state index is -4.26. The van der Waals surface area contributed by atoms with Crippen molar-refractivity contribution < 1.29 is 23.1 Å². The Morgan fingerprint density at radius 1 is 1.43 bits per heavy atom. The van der Waals surface area contributed by atoms with Gasteiger partial charge in [-0.2, -0.15) is 8.78 Å². The first-order valence-electron chi connectivity index (χ1n) is 4.50. The molecule has 0 radical (unpaired) electrons. The highest BCUT2D eigenvalue weighted by Gasteiger charge is 2.64. The van der Waals surface area contributed by atoms with E-state index < -0.39 is 23.5 Å². The maximum Gasteiger partial charge on any atom is 0.377 e. The van der Waals surface area contributed by atoms with E-state index >= 15 is 0 Å². The van der Waals surface area contributed by atoms with Gasteiger partial charge in [0.1, 0.15) is 0 Å². The smallest absolute Gasteiger partial charge is 0.377 e. The molecule has 1 atom stereocenters. The molecule has 1 saturated carbocycles. The van der Waals surface area contributed by atoms with Crippen LogP contribution in [0.15, 0.2) is 0 Å². The summed E-state index contributed by atoms with van der Waals surface area (Å²) in [5.74, 6) is -6.90. The van der Waals surface area contributed by atoms with E-state index in [-0.39, 0.29) is 5.92 Å². The summed E-state index contributed by atoms with van der Waals surface area (Å²) < 4.78 is 39.1. The maximum absolute atomic E-state index is 13.4. The van der Waals surface area contributed by atoms with Gasteiger partial charge in [-0.25, -0.2) is 9.18 Å². The largest absolute Gasteiger partial charge is 0.477 e. The van der Waals surface area contributed by atoms with E-state index in [1.165, 1.54) is 0 Å². The fourth-order valence-corrected chi connectivity index (χ4v) is 1.74. The molecular formula is C9H13F3O2. The van der Waals surface area contributed by atoms with Crippen LogP contribution >= 0.6 is 0 Å². The number of hydrogen-bond donors (Lipinski definition) is 1. The molecule has 1 rings (SSSR count). The number of carbonyl (C=O) groups is 1. The fraction of sp³-hybridized carbons (Fsp3) is 0.889. The Balaban J connectivity index is 2.85. The second-order valence-electron chi connectivity index (χ2n) is 4.18. The molecule has 5 heteroatoms. The molecule has 1 N–H and O–H groups in total. The van der Waals surface area contributed by atoms with E-state index in [1.54, 1.807) is 13.8 Å². The van der Waals surface area contributed by atoms with Gasteiger partial charge in [0.2, 0.25) is 0 Å². The number of carboxylic acids is 1. The zero-order valence-corrected chi connectivity index (χ0v) is 8.06. The van der Waals surface area contributed by atoms with Crippen molar-refractivity contribution in [3.05, 3.63) is 0 Å². The minimum absolute atomic E-state index is 0.261. The second-order valence-corrected chi connectivity index (χ2v) is 4.18. The zero-order valence-electron chi connectivity index (χ0n) is 8.06. The van der Waals surface area contributed by atoms with Crippen LogP contribution in [0.1, 0.15) is 26.7 Å². The van der Waals surface area contributed by atoms with Crippen molar-refractivity contribution in [2.24, 2.45) is 11.3 Å². The zero-order chi connectivity index (χ0) is 11.1. The molecule has 0 aliphatic heterocycles. The van der Waals surface area contributed by atoms with Crippen molar-refractivity contribution in [2.45, 2.75) is 38.8 Å². The molecule has 1 aliphatic carbocycles. The summed E-state index contributed by atoms with van der Waals surface area (Å²) in [6, 6.07) is 0. The molecule has 1 aliphatic rings. The molecule has 0 aromatic rings. The van der Waals surface area contributed by atoms with E-state index in [4.69, 9.17) is 5.11 Å². The van der Waals surface area contributed by atoms with Crippen LogP contribution in [-0.2, 0) is 4.79 Å². The van der Waals surface area contributed by atoms with E-state index in [0.29, 0.717) is 12.8 Å². The molecule has 0 aromatic carbocycles. The summed E-state index contributed by atoms with van der Waals surface area (Å²) in [4.78, 5) is 10.2. The number of carboxylic acid groups (broad SMARTS) is 1. The molecule has 1 unspecified atom stereocenters. The average Bonchev–Trinajstić information content (AvgIpc) is 2.82. The molecule has 14 heavy (non-hydrogen) atoms. The van der Waals surface area contributed by atoms with E-state index in [2.05, 4.69) is 0 Å². The van der Waals surface area contributed by atoms with Gasteiger partial charge in [-0.1, -0.05) is 13.8 Å². The van der Waals surface area contributed by atoms with Crippen molar-refractivity contribution in [3.63, 3.8) is 0 Å². The van der Waals surface area contributed by atoms with E-state index in [0.717, 1.165) is 0 Å². The maximum atomic E-state index is 13.4. The van der Waals surface area contributed by atoms with Gasteiger partial charge in [0.15, 0.2) is 6.17 Å². The summed E-state index contributed by atoms with van der Waals surface area (Å²) in [6.07, 6.45) is -1.89. The summed E-state index contributed by atoms with van der Waals surface area (Å²) in [7, 11) is 0. The van der Waals surface area contributed by atoms with Crippen molar-refractivity contribution in [3.8, 4) is 0 Å². The Hall–Kier alpha value is -0.740. The molecule has 0 amide bonds. The SMILES string of the molecule is CC(C)C1(C(F)C(F)(F)C(=O)O)CC1. The number of aliphatic carboxylic acids is 1. The summed E-state index contributed by atoms with van der Waals surface area (Å²) in [6.45, 7) is 3.27. The Morgan fingerprint density at radius 2 is 1.86 bits per heavy atom. The lowest BCUT2D eigenvalue weighted by Crippen LogP contribution is -2.45. The molecule has 0 aromatic heterocycles. The first-order valence-corrected chi connectivity index (χ1v) is 4.50. The molecule has 0 heterocycles. The summed E-state index contributed by atoms with van der Waals surface area (Å²) in [5.41, 5.74) is -1.12. The molecule has 0 saturated heterocycles. The standard InChI is InChI=1S/C9H13F3O2/c1-5(2)8(3-4-8)6(10)9(11,12)7(13)14/h5-6H,3-4H2,1-2H3,(H,13,14). The van der Waals surface area contributed by atoms with Crippen LogP contribution in [0, 0.1) is 11.3 Å². The summed E-state index contributed by atoms with van der Waals surface area (Å²) >= 11 is 0. The highest BCUT2D eigenvalue weighted by atomic mass is 19.3. The van der Waals surface area contributed by atoms with Gasteiger partial charge in [0.25, 0.3) is 0 Å². The van der Waals surface area contributed by atoms with Gasteiger partial charge in [0, 0.05) is 5.41 Å². The van der Waals surface area contributed by atoms with Crippen LogP contribution in [0.2, 0.25) is 0 Å². The predicted octanol–water partition coefficient (Wildman–Crippen LogP) is 2.48. The van der Waals surface area contributed by atoms with Gasteiger partial charge in [-0.05, 0) is 18.8 Å². The molecule has 2 nitrogen and oxygen atoms in total. The quantitative estimate of drug-likeness (QED) is 0.773. The molecule has 0 spiro atoms. The van der Waals surface area contributed by atoms with E-state index in [1.807, 2.05) is 0 Å². The lowest BCUT2D eigenvalue weighted by Gasteiger charge is -2.27. The highest BCUT2D eigenvalue weighted by Crippen LogP contribution is 2.59. The van der Waals surface area contributed by atoms with Gasteiger partial charge < -0.3 is 5.11 Å². The highest BCUT2D eigenvalue weighted by molar-refractivity contribution is 5.76. The normalized spacial score (nSPS) is 22.1. The first kappa shape index (κ1) is 11.3. The van der Waals surface area contributed by atoms with Crippen molar-refractivity contribution in [2.75, 3.05) is 0 Å². The van der Waals surface area contributed by atoms with E-state index in [9.17, 15) is 18.0 Å². The Bertz CT molecular complexity index is 246. The van der Waals surface area contributed by atoms with Crippen LogP contribution in [0.25, 0.3) is 0 Å². The van der Waals surface area contributed by atoms with Gasteiger partial charge >= 0.3 is 11.9 Å². The van der Waals surface area contributed by atoms with Crippen LogP contribution in [-0.4, -0.2) is 23.2 Å². The lowest BCUT2D eigenvalue weighted by molar-refractivity contribution is -0.182.